The molecule has 0 aromatic heterocycles. The molecule has 1 unspecified atom stereocenters. The molecule has 1 saturated carbocycles. The number of fused-ring (bicyclic) bond motifs is 1. The van der Waals surface area contributed by atoms with Crippen molar-refractivity contribution in [1.82, 2.24) is 10.2 Å². The number of ether oxygens (including phenoxy) is 1. The minimum atomic E-state index is -1.88. The molecule has 1 saturated heterocycles. The van der Waals surface area contributed by atoms with Crippen LogP contribution in [-0.4, -0.2) is 50.1 Å². The summed E-state index contributed by atoms with van der Waals surface area (Å²) in [6.07, 6.45) is 1.82. The summed E-state index contributed by atoms with van der Waals surface area (Å²) in [5, 5.41) is 3.41. The number of hydrogen-bond acceptors (Lipinski definition) is 4. The molecule has 0 bridgehead atoms. The number of likely N-dealkylation sites (tertiary alicyclic amines) is 1. The minimum Gasteiger partial charge on any atom is -0.444 e. The van der Waals surface area contributed by atoms with Crippen molar-refractivity contribution in [3.63, 3.8) is 0 Å². The molecule has 4 atom stereocenters. The van der Waals surface area contributed by atoms with Gasteiger partial charge >= 0.3 is 6.09 Å². The topological polar surface area (TPSA) is 50.8 Å². The van der Waals surface area contributed by atoms with Gasteiger partial charge in [-0.25, -0.2) is 4.79 Å². The Morgan fingerprint density at radius 2 is 1.72 bits per heavy atom. The molecule has 1 aromatic carbocycles. The normalized spacial score (nSPS) is 27.1. The Bertz CT molecular complexity index is 770. The third-order valence-electron chi connectivity index (χ3n) is 7.39. The van der Waals surface area contributed by atoms with Crippen molar-refractivity contribution in [2.45, 2.75) is 96.8 Å². The number of benzene rings is 1. The fraction of sp³-hybridized carbons (Fsp3) is 0.731. The van der Waals surface area contributed by atoms with E-state index in [1.54, 1.807) is 0 Å². The number of amides is 1. The molecule has 6 heteroatoms. The van der Waals surface area contributed by atoms with Crippen molar-refractivity contribution in [2.24, 2.45) is 11.8 Å². The second kappa shape index (κ2) is 9.47. The Balaban J connectivity index is 1.73. The first-order valence-electron chi connectivity index (χ1n) is 12.2. The van der Waals surface area contributed by atoms with E-state index in [9.17, 15) is 4.79 Å². The van der Waals surface area contributed by atoms with Crippen LogP contribution in [0.25, 0.3) is 0 Å². The quantitative estimate of drug-likeness (QED) is 0.563. The average Bonchev–Trinajstić information content (AvgIpc) is 3.02. The van der Waals surface area contributed by atoms with Crippen LogP contribution in [-0.2, 0) is 15.7 Å². The summed E-state index contributed by atoms with van der Waals surface area (Å²) in [5.41, 5.74) is 0.849. The van der Waals surface area contributed by atoms with Crippen LogP contribution in [0, 0.1) is 11.8 Å². The molecule has 3 rings (SSSR count). The number of nitrogens with one attached hydrogen (secondary N) is 1. The van der Waals surface area contributed by atoms with E-state index in [4.69, 9.17) is 9.16 Å². The molecule has 1 aliphatic carbocycles. The highest BCUT2D eigenvalue weighted by Crippen LogP contribution is 2.43. The summed E-state index contributed by atoms with van der Waals surface area (Å²) in [6.45, 7) is 20.3. The van der Waals surface area contributed by atoms with Gasteiger partial charge in [0.15, 0.2) is 8.32 Å². The number of nitrogens with zero attached hydrogens (tertiary/aromatic N) is 1. The molecule has 1 aromatic rings. The van der Waals surface area contributed by atoms with Gasteiger partial charge in [0.2, 0.25) is 0 Å². The molecule has 1 aliphatic heterocycles. The smallest absolute Gasteiger partial charge is 0.407 e. The van der Waals surface area contributed by atoms with Gasteiger partial charge in [-0.1, -0.05) is 51.1 Å². The van der Waals surface area contributed by atoms with Gasteiger partial charge in [-0.2, -0.15) is 0 Å². The molecular formula is C26H44N2O3Si. The van der Waals surface area contributed by atoms with Crippen molar-refractivity contribution in [1.29, 1.82) is 0 Å². The third-order valence-corrected chi connectivity index (χ3v) is 11.9. The molecule has 2 aliphatic rings. The van der Waals surface area contributed by atoms with Gasteiger partial charge in [-0.3, -0.25) is 4.90 Å². The fourth-order valence-corrected chi connectivity index (χ4v) is 6.25. The van der Waals surface area contributed by atoms with Gasteiger partial charge in [0.25, 0.3) is 0 Å². The first-order chi connectivity index (χ1) is 14.7. The molecule has 5 nitrogen and oxygen atoms in total. The van der Waals surface area contributed by atoms with E-state index in [1.165, 1.54) is 5.56 Å². The summed E-state index contributed by atoms with van der Waals surface area (Å²) in [5.74, 6) is 0.965. The number of carbonyl (C=O) groups excluding carboxylic acids is 1. The van der Waals surface area contributed by atoms with E-state index in [-0.39, 0.29) is 23.3 Å². The van der Waals surface area contributed by atoms with E-state index < -0.39 is 13.9 Å². The van der Waals surface area contributed by atoms with Gasteiger partial charge in [-0.05, 0) is 69.1 Å². The molecule has 180 valence electrons. The van der Waals surface area contributed by atoms with Crippen LogP contribution in [0.15, 0.2) is 30.3 Å². The fourth-order valence-electron chi connectivity index (χ4n) is 4.87. The van der Waals surface area contributed by atoms with Crippen molar-refractivity contribution in [2.75, 3.05) is 13.1 Å². The lowest BCUT2D eigenvalue weighted by molar-refractivity contribution is 0.0349. The molecular weight excluding hydrogens is 416 g/mol. The van der Waals surface area contributed by atoms with Gasteiger partial charge in [0, 0.05) is 31.8 Å². The van der Waals surface area contributed by atoms with Gasteiger partial charge < -0.3 is 14.5 Å². The lowest BCUT2D eigenvalue weighted by atomic mass is 9.76. The molecule has 0 radical (unpaired) electrons. The highest BCUT2D eigenvalue weighted by Gasteiger charge is 2.47. The van der Waals surface area contributed by atoms with Crippen LogP contribution in [0.1, 0.15) is 59.9 Å². The first kappa shape index (κ1) is 25.3. The van der Waals surface area contributed by atoms with Crippen molar-refractivity contribution in [3.8, 4) is 0 Å². The summed E-state index contributed by atoms with van der Waals surface area (Å²) >= 11 is 0. The molecule has 2 fully saturated rings. The van der Waals surface area contributed by atoms with Crippen LogP contribution >= 0.6 is 0 Å². The van der Waals surface area contributed by atoms with Crippen molar-refractivity contribution >= 4 is 14.4 Å². The second-order valence-corrected chi connectivity index (χ2v) is 17.1. The summed E-state index contributed by atoms with van der Waals surface area (Å²) in [7, 11) is -1.88. The van der Waals surface area contributed by atoms with Crippen molar-refractivity contribution in [3.05, 3.63) is 35.9 Å². The number of hydrogen-bond donors (Lipinski definition) is 1. The van der Waals surface area contributed by atoms with E-state index in [1.807, 2.05) is 20.8 Å². The molecule has 1 N–H and O–H groups in total. The number of rotatable bonds is 5. The Morgan fingerprint density at radius 3 is 2.31 bits per heavy atom. The minimum absolute atomic E-state index is 0.0825. The molecule has 0 spiro atoms. The average molecular weight is 461 g/mol. The zero-order chi connectivity index (χ0) is 23.7. The zero-order valence-electron chi connectivity index (χ0n) is 21.4. The maximum atomic E-state index is 12.7. The van der Waals surface area contributed by atoms with E-state index in [0.29, 0.717) is 11.8 Å². The van der Waals surface area contributed by atoms with Crippen molar-refractivity contribution < 1.29 is 14.0 Å². The SMILES string of the molecule is CC(C)(C)OC(=O)N[C@@H]1CC(O[Si](C)(C)C(C)(C)C)C[C@@H]2CN(Cc3ccccc3)C[C@@H]21. The number of alkyl carbamates (subject to hydrolysis) is 1. The maximum absolute atomic E-state index is 12.7. The predicted octanol–water partition coefficient (Wildman–Crippen LogP) is 5.81. The summed E-state index contributed by atoms with van der Waals surface area (Å²) in [6, 6.07) is 10.8. The largest absolute Gasteiger partial charge is 0.444 e. The van der Waals surface area contributed by atoms with Gasteiger partial charge in [-0.15, -0.1) is 0 Å². The van der Waals surface area contributed by atoms with Gasteiger partial charge in [0.05, 0.1) is 0 Å². The summed E-state index contributed by atoms with van der Waals surface area (Å²) in [4.78, 5) is 15.2. The van der Waals surface area contributed by atoms with Crippen LogP contribution in [0.2, 0.25) is 18.1 Å². The van der Waals surface area contributed by atoms with Gasteiger partial charge in [0.1, 0.15) is 5.60 Å². The zero-order valence-corrected chi connectivity index (χ0v) is 22.4. The third kappa shape index (κ3) is 6.58. The van der Waals surface area contributed by atoms with E-state index in [2.05, 4.69) is 74.4 Å². The Labute approximate surface area is 196 Å². The lowest BCUT2D eigenvalue weighted by Gasteiger charge is -2.44. The van der Waals surface area contributed by atoms with Crippen LogP contribution in [0.5, 0.6) is 0 Å². The van der Waals surface area contributed by atoms with Crippen LogP contribution in [0.4, 0.5) is 4.79 Å². The highest BCUT2D eigenvalue weighted by atomic mass is 28.4. The first-order valence-corrected chi connectivity index (χ1v) is 15.1. The molecule has 1 amide bonds. The summed E-state index contributed by atoms with van der Waals surface area (Å²) < 4.78 is 12.5. The Kier molecular flexibility index (Phi) is 7.48. The monoisotopic (exact) mass is 460 g/mol. The molecule has 32 heavy (non-hydrogen) atoms. The Hall–Kier alpha value is -1.37. The van der Waals surface area contributed by atoms with E-state index in [0.717, 1.165) is 32.5 Å². The van der Waals surface area contributed by atoms with Crippen LogP contribution < -0.4 is 5.32 Å². The predicted molar refractivity (Wildman–Crippen MR) is 133 cm³/mol. The Morgan fingerprint density at radius 1 is 1.06 bits per heavy atom. The lowest BCUT2D eigenvalue weighted by Crippen LogP contribution is -2.53. The molecule has 1 heterocycles. The van der Waals surface area contributed by atoms with Crippen LogP contribution in [0.3, 0.4) is 0 Å². The number of carbonyl (C=O) groups is 1. The highest BCUT2D eigenvalue weighted by molar-refractivity contribution is 6.74. The standard InChI is InChI=1S/C26H44N2O3Si/c1-25(2,3)30-24(29)27-23-15-21(31-32(7,8)26(4,5)6)14-20-17-28(18-22(20)23)16-19-12-10-9-11-13-19/h9-13,20-23H,14-18H2,1-8H3,(H,27,29)/t20-,21?,22+,23-/m1/s1. The van der Waals surface area contributed by atoms with E-state index >= 15 is 0 Å². The second-order valence-electron chi connectivity index (χ2n) is 12.3. The maximum Gasteiger partial charge on any atom is 0.407 e.